The van der Waals surface area contributed by atoms with Gasteiger partial charge in [0.15, 0.2) is 5.13 Å². The number of nitrogens with one attached hydrogen (secondary N) is 2. The van der Waals surface area contributed by atoms with Crippen LogP contribution >= 0.6 is 11.3 Å². The van der Waals surface area contributed by atoms with E-state index in [1.807, 2.05) is 20.8 Å². The van der Waals surface area contributed by atoms with E-state index in [4.69, 9.17) is 10.5 Å². The molecule has 2 heterocycles. The van der Waals surface area contributed by atoms with Gasteiger partial charge in [-0.2, -0.15) is 0 Å². The zero-order chi connectivity index (χ0) is 14.8. The SMILES string of the molecule is CC(C)(C)Nc1nc(N)c(C(=O)NC2CCOCC2)s1. The van der Waals surface area contributed by atoms with Gasteiger partial charge in [0.1, 0.15) is 10.7 Å². The second kappa shape index (κ2) is 5.97. The van der Waals surface area contributed by atoms with Crippen LogP contribution in [0.5, 0.6) is 0 Å². The number of hydrogen-bond donors (Lipinski definition) is 3. The summed E-state index contributed by atoms with van der Waals surface area (Å²) in [7, 11) is 0. The molecule has 6 nitrogen and oxygen atoms in total. The highest BCUT2D eigenvalue weighted by Gasteiger charge is 2.22. The van der Waals surface area contributed by atoms with Crippen LogP contribution in [0.3, 0.4) is 0 Å². The third kappa shape index (κ3) is 4.08. The zero-order valence-corrected chi connectivity index (χ0v) is 13.0. The standard InChI is InChI=1S/C13H22N4O2S/c1-13(2,3)17-12-16-10(14)9(20-12)11(18)15-8-4-6-19-7-5-8/h8H,4-7,14H2,1-3H3,(H,15,18)(H,16,17). The zero-order valence-electron chi connectivity index (χ0n) is 12.2. The maximum absolute atomic E-state index is 12.2. The Labute approximate surface area is 123 Å². The molecule has 0 saturated carbocycles. The average Bonchev–Trinajstić information content (AvgIpc) is 2.69. The van der Waals surface area contributed by atoms with E-state index in [2.05, 4.69) is 15.6 Å². The lowest BCUT2D eigenvalue weighted by Crippen LogP contribution is -2.38. The van der Waals surface area contributed by atoms with Crippen molar-refractivity contribution >= 4 is 28.2 Å². The lowest BCUT2D eigenvalue weighted by atomic mass is 10.1. The van der Waals surface area contributed by atoms with Crippen molar-refractivity contribution in [3.8, 4) is 0 Å². The molecular weight excluding hydrogens is 276 g/mol. The summed E-state index contributed by atoms with van der Waals surface area (Å²) in [5.41, 5.74) is 5.73. The highest BCUT2D eigenvalue weighted by atomic mass is 32.1. The van der Waals surface area contributed by atoms with Crippen LogP contribution < -0.4 is 16.4 Å². The van der Waals surface area contributed by atoms with E-state index in [-0.39, 0.29) is 23.3 Å². The third-order valence-corrected chi connectivity index (χ3v) is 3.88. The van der Waals surface area contributed by atoms with Crippen LogP contribution in [-0.2, 0) is 4.74 Å². The Hall–Kier alpha value is -1.34. The van der Waals surface area contributed by atoms with Crippen LogP contribution in [0.2, 0.25) is 0 Å². The van der Waals surface area contributed by atoms with Crippen molar-refractivity contribution < 1.29 is 9.53 Å². The molecule has 0 spiro atoms. The smallest absolute Gasteiger partial charge is 0.265 e. The molecule has 1 aromatic heterocycles. The fraction of sp³-hybridized carbons (Fsp3) is 0.692. The first-order valence-corrected chi connectivity index (χ1v) is 7.60. The molecule has 0 atom stereocenters. The molecular formula is C13H22N4O2S. The van der Waals surface area contributed by atoms with Gasteiger partial charge in [-0.15, -0.1) is 0 Å². The quantitative estimate of drug-likeness (QED) is 0.792. The number of ether oxygens (including phenoxy) is 1. The Bertz CT molecular complexity index is 475. The Morgan fingerprint density at radius 2 is 2.05 bits per heavy atom. The number of anilines is 2. The van der Waals surface area contributed by atoms with Crippen molar-refractivity contribution in [3.05, 3.63) is 4.88 Å². The molecule has 1 saturated heterocycles. The summed E-state index contributed by atoms with van der Waals surface area (Å²) >= 11 is 1.29. The van der Waals surface area contributed by atoms with Gasteiger partial charge >= 0.3 is 0 Å². The first kappa shape index (κ1) is 15.1. The van der Waals surface area contributed by atoms with Gasteiger partial charge < -0.3 is 21.1 Å². The van der Waals surface area contributed by atoms with Gasteiger partial charge in [0.2, 0.25) is 0 Å². The number of thiazole rings is 1. The molecule has 0 aromatic carbocycles. The largest absolute Gasteiger partial charge is 0.382 e. The van der Waals surface area contributed by atoms with Gasteiger partial charge in [0.25, 0.3) is 5.91 Å². The highest BCUT2D eigenvalue weighted by molar-refractivity contribution is 7.18. The molecule has 7 heteroatoms. The van der Waals surface area contributed by atoms with Gasteiger partial charge in [0.05, 0.1) is 0 Å². The van der Waals surface area contributed by atoms with E-state index in [0.717, 1.165) is 12.8 Å². The summed E-state index contributed by atoms with van der Waals surface area (Å²) in [6.45, 7) is 7.49. The van der Waals surface area contributed by atoms with Crippen molar-refractivity contribution in [2.75, 3.05) is 24.3 Å². The van der Waals surface area contributed by atoms with Crippen LogP contribution in [0.15, 0.2) is 0 Å². The minimum atomic E-state index is -0.145. The molecule has 20 heavy (non-hydrogen) atoms. The van der Waals surface area contributed by atoms with Crippen LogP contribution in [0.4, 0.5) is 10.9 Å². The molecule has 1 fully saturated rings. The summed E-state index contributed by atoms with van der Waals surface area (Å²) < 4.78 is 5.27. The number of carbonyl (C=O) groups excluding carboxylic acids is 1. The number of hydrogen-bond acceptors (Lipinski definition) is 6. The number of amides is 1. The minimum Gasteiger partial charge on any atom is -0.382 e. The van der Waals surface area contributed by atoms with E-state index in [9.17, 15) is 4.79 Å². The van der Waals surface area contributed by atoms with E-state index in [1.165, 1.54) is 11.3 Å². The third-order valence-electron chi connectivity index (χ3n) is 2.90. The molecule has 112 valence electrons. The van der Waals surface area contributed by atoms with E-state index in [1.54, 1.807) is 0 Å². The molecule has 0 bridgehead atoms. The minimum absolute atomic E-state index is 0.112. The maximum atomic E-state index is 12.2. The molecule has 0 radical (unpaired) electrons. The fourth-order valence-electron chi connectivity index (χ4n) is 1.96. The molecule has 1 aromatic rings. The van der Waals surface area contributed by atoms with Crippen LogP contribution in [0.25, 0.3) is 0 Å². The van der Waals surface area contributed by atoms with Gasteiger partial charge in [-0.05, 0) is 33.6 Å². The highest BCUT2D eigenvalue weighted by Crippen LogP contribution is 2.27. The molecule has 1 amide bonds. The van der Waals surface area contributed by atoms with E-state index < -0.39 is 0 Å². The maximum Gasteiger partial charge on any atom is 0.265 e. The molecule has 1 aliphatic rings. The van der Waals surface area contributed by atoms with Crippen molar-refractivity contribution in [1.29, 1.82) is 0 Å². The lowest BCUT2D eigenvalue weighted by Gasteiger charge is -2.22. The second-order valence-corrected chi connectivity index (χ2v) is 6.97. The Balaban J connectivity index is 2.02. The Kier molecular flexibility index (Phi) is 4.49. The molecule has 1 aliphatic heterocycles. The fourth-order valence-corrected chi connectivity index (χ4v) is 2.96. The topological polar surface area (TPSA) is 89.3 Å². The van der Waals surface area contributed by atoms with Gasteiger partial charge in [-0.25, -0.2) is 4.98 Å². The first-order valence-electron chi connectivity index (χ1n) is 6.78. The van der Waals surface area contributed by atoms with Crippen molar-refractivity contribution in [1.82, 2.24) is 10.3 Å². The summed E-state index contributed by atoms with van der Waals surface area (Å²) in [6, 6.07) is 0.164. The number of nitrogens with zero attached hydrogens (tertiary/aromatic N) is 1. The first-order chi connectivity index (χ1) is 9.35. The summed E-state index contributed by atoms with van der Waals surface area (Å²) in [6.07, 6.45) is 1.69. The summed E-state index contributed by atoms with van der Waals surface area (Å²) in [5, 5.41) is 6.90. The molecule has 0 unspecified atom stereocenters. The Morgan fingerprint density at radius 1 is 1.40 bits per heavy atom. The van der Waals surface area contributed by atoms with Crippen LogP contribution in [0, 0.1) is 0 Å². The summed E-state index contributed by atoms with van der Waals surface area (Å²) in [4.78, 5) is 16.9. The van der Waals surface area contributed by atoms with Crippen molar-refractivity contribution in [3.63, 3.8) is 0 Å². The number of aromatic nitrogens is 1. The molecule has 4 N–H and O–H groups in total. The van der Waals surface area contributed by atoms with E-state index >= 15 is 0 Å². The van der Waals surface area contributed by atoms with E-state index in [0.29, 0.717) is 23.2 Å². The van der Waals surface area contributed by atoms with Crippen LogP contribution in [0.1, 0.15) is 43.3 Å². The number of rotatable bonds is 3. The predicted octanol–water partition coefficient (Wildman–Crippen LogP) is 1.84. The monoisotopic (exact) mass is 298 g/mol. The predicted molar refractivity (Wildman–Crippen MR) is 81.2 cm³/mol. The van der Waals surface area contributed by atoms with Crippen molar-refractivity contribution in [2.24, 2.45) is 0 Å². The number of nitrogens with two attached hydrogens (primary N) is 1. The Morgan fingerprint density at radius 3 is 2.65 bits per heavy atom. The average molecular weight is 298 g/mol. The number of nitrogen functional groups attached to an aromatic ring is 1. The van der Waals surface area contributed by atoms with Gasteiger partial charge in [-0.3, -0.25) is 4.79 Å². The van der Waals surface area contributed by atoms with Crippen LogP contribution in [-0.4, -0.2) is 35.7 Å². The number of carbonyl (C=O) groups is 1. The molecule has 2 rings (SSSR count). The van der Waals surface area contributed by atoms with Gasteiger partial charge in [0, 0.05) is 24.8 Å². The normalized spacial score (nSPS) is 16.9. The summed E-state index contributed by atoms with van der Waals surface area (Å²) in [5.74, 6) is 0.139. The molecule has 0 aliphatic carbocycles. The second-order valence-electron chi connectivity index (χ2n) is 5.97. The van der Waals surface area contributed by atoms with Gasteiger partial charge in [-0.1, -0.05) is 11.3 Å². The van der Waals surface area contributed by atoms with Crippen molar-refractivity contribution in [2.45, 2.75) is 45.2 Å². The lowest BCUT2D eigenvalue weighted by molar-refractivity contribution is 0.0698.